The van der Waals surface area contributed by atoms with Crippen molar-refractivity contribution in [2.75, 3.05) is 25.1 Å². The first kappa shape index (κ1) is 20.9. The topological polar surface area (TPSA) is 89.7 Å². The average molecular weight is 422 g/mol. The third-order valence-corrected chi connectivity index (χ3v) is 5.67. The van der Waals surface area contributed by atoms with Gasteiger partial charge in [0.05, 0.1) is 23.3 Å². The van der Waals surface area contributed by atoms with Crippen molar-refractivity contribution >= 4 is 27.8 Å². The smallest absolute Gasteiger partial charge is 0.340 e. The number of hydrogen-bond acceptors (Lipinski definition) is 5. The van der Waals surface area contributed by atoms with Gasteiger partial charge in [-0.1, -0.05) is 17.7 Å². The van der Waals surface area contributed by atoms with Gasteiger partial charge in [-0.15, -0.1) is 0 Å². The molecule has 1 aliphatic heterocycles. The lowest BCUT2D eigenvalue weighted by atomic mass is 9.99. The standard InChI is InChI=1S/C20H20F2N2O4S/c1-28-20(25)16-12-15(29(23,26)27)3-5-19(16)24-8-6-13(7-9-24)10-14-2-4-17(21)18(22)11-14/h2-5,10-12H,6-9H2,1H3,(H2,23,26,27). The zero-order valence-electron chi connectivity index (χ0n) is 15.7. The highest BCUT2D eigenvalue weighted by Gasteiger charge is 2.23. The number of nitrogens with two attached hydrogens (primary N) is 1. The van der Waals surface area contributed by atoms with Crippen LogP contribution in [0.2, 0.25) is 0 Å². The second-order valence-corrected chi connectivity index (χ2v) is 8.24. The van der Waals surface area contributed by atoms with Crippen molar-refractivity contribution in [3.63, 3.8) is 0 Å². The predicted octanol–water partition coefficient (Wildman–Crippen LogP) is 3.08. The summed E-state index contributed by atoms with van der Waals surface area (Å²) < 4.78 is 54.4. The molecule has 1 fully saturated rings. The third kappa shape index (κ3) is 4.80. The van der Waals surface area contributed by atoms with Crippen LogP contribution in [0.25, 0.3) is 6.08 Å². The van der Waals surface area contributed by atoms with Crippen LogP contribution in [0.1, 0.15) is 28.8 Å². The van der Waals surface area contributed by atoms with Crippen LogP contribution >= 0.6 is 0 Å². The molecule has 0 spiro atoms. The van der Waals surface area contributed by atoms with Gasteiger partial charge in [0.15, 0.2) is 11.6 Å². The molecule has 9 heteroatoms. The normalized spacial score (nSPS) is 14.6. The van der Waals surface area contributed by atoms with Gasteiger partial charge in [-0.25, -0.2) is 27.1 Å². The van der Waals surface area contributed by atoms with Gasteiger partial charge in [0.25, 0.3) is 0 Å². The van der Waals surface area contributed by atoms with Crippen LogP contribution in [0.15, 0.2) is 46.9 Å². The highest BCUT2D eigenvalue weighted by Crippen LogP contribution is 2.29. The van der Waals surface area contributed by atoms with E-state index in [0.29, 0.717) is 37.2 Å². The van der Waals surface area contributed by atoms with Gasteiger partial charge in [-0.2, -0.15) is 0 Å². The van der Waals surface area contributed by atoms with Gasteiger partial charge in [-0.05, 0) is 48.7 Å². The number of benzene rings is 2. The number of carbonyl (C=O) groups is 1. The lowest BCUT2D eigenvalue weighted by molar-refractivity contribution is 0.0601. The minimum absolute atomic E-state index is 0.118. The Hall–Kier alpha value is -2.78. The Labute approximate surface area is 167 Å². The zero-order chi connectivity index (χ0) is 21.2. The van der Waals surface area contributed by atoms with E-state index >= 15 is 0 Å². The molecule has 1 saturated heterocycles. The van der Waals surface area contributed by atoms with Crippen molar-refractivity contribution < 1.29 is 26.7 Å². The van der Waals surface area contributed by atoms with Crippen molar-refractivity contribution in [1.82, 2.24) is 0 Å². The maximum absolute atomic E-state index is 13.4. The van der Waals surface area contributed by atoms with Crippen molar-refractivity contribution in [2.45, 2.75) is 17.7 Å². The Kier molecular flexibility index (Phi) is 5.99. The Morgan fingerprint density at radius 2 is 1.79 bits per heavy atom. The number of methoxy groups -OCH3 is 1. The van der Waals surface area contributed by atoms with E-state index in [4.69, 9.17) is 9.88 Å². The summed E-state index contributed by atoms with van der Waals surface area (Å²) in [6.45, 7) is 1.13. The molecule has 0 aliphatic carbocycles. The van der Waals surface area contributed by atoms with E-state index in [1.165, 1.54) is 31.4 Å². The summed E-state index contributed by atoms with van der Waals surface area (Å²) >= 11 is 0. The number of esters is 1. The SMILES string of the molecule is COC(=O)c1cc(S(N)(=O)=O)ccc1N1CCC(=Cc2ccc(F)c(F)c2)CC1. The molecule has 0 amide bonds. The lowest BCUT2D eigenvalue weighted by Gasteiger charge is -2.31. The van der Waals surface area contributed by atoms with Gasteiger partial charge in [0, 0.05) is 13.1 Å². The quantitative estimate of drug-likeness (QED) is 0.765. The summed E-state index contributed by atoms with van der Waals surface area (Å²) in [5.41, 5.74) is 2.32. The molecule has 2 N–H and O–H groups in total. The van der Waals surface area contributed by atoms with Crippen LogP contribution in [-0.2, 0) is 14.8 Å². The van der Waals surface area contributed by atoms with Crippen LogP contribution < -0.4 is 10.0 Å². The Morgan fingerprint density at radius 1 is 1.10 bits per heavy atom. The summed E-state index contributed by atoms with van der Waals surface area (Å²) in [5.74, 6) is -2.44. The van der Waals surface area contributed by atoms with Gasteiger partial charge in [0.2, 0.25) is 10.0 Å². The van der Waals surface area contributed by atoms with Crippen molar-refractivity contribution in [3.05, 3.63) is 64.7 Å². The first-order valence-corrected chi connectivity index (χ1v) is 10.4. The number of anilines is 1. The van der Waals surface area contributed by atoms with Crippen LogP contribution in [0.5, 0.6) is 0 Å². The number of carbonyl (C=O) groups excluding carboxylic acids is 1. The lowest BCUT2D eigenvalue weighted by Crippen LogP contribution is -2.32. The number of primary sulfonamides is 1. The van der Waals surface area contributed by atoms with Crippen LogP contribution in [-0.4, -0.2) is 34.6 Å². The van der Waals surface area contributed by atoms with Crippen LogP contribution in [0.4, 0.5) is 14.5 Å². The summed E-state index contributed by atoms with van der Waals surface area (Å²) in [5, 5.41) is 5.16. The molecule has 0 bridgehead atoms. The molecule has 29 heavy (non-hydrogen) atoms. The fraction of sp³-hybridized carbons (Fsp3) is 0.250. The molecule has 0 radical (unpaired) electrons. The van der Waals surface area contributed by atoms with Crippen LogP contribution in [0, 0.1) is 11.6 Å². The number of piperidine rings is 1. The molecule has 2 aromatic rings. The minimum atomic E-state index is -3.96. The Balaban J connectivity index is 1.82. The highest BCUT2D eigenvalue weighted by molar-refractivity contribution is 7.89. The molecule has 3 rings (SSSR count). The number of nitrogens with zero attached hydrogens (tertiary/aromatic N) is 1. The molecule has 1 aliphatic rings. The zero-order valence-corrected chi connectivity index (χ0v) is 16.5. The number of hydrogen-bond donors (Lipinski definition) is 1. The number of sulfonamides is 1. The fourth-order valence-electron chi connectivity index (χ4n) is 3.26. The second kappa shape index (κ2) is 8.30. The van der Waals surface area contributed by atoms with E-state index in [-0.39, 0.29) is 10.5 Å². The van der Waals surface area contributed by atoms with E-state index in [9.17, 15) is 22.0 Å². The maximum Gasteiger partial charge on any atom is 0.340 e. The maximum atomic E-state index is 13.4. The summed E-state index contributed by atoms with van der Waals surface area (Å²) in [4.78, 5) is 13.9. The molecule has 6 nitrogen and oxygen atoms in total. The molecular formula is C20H20F2N2O4S. The minimum Gasteiger partial charge on any atom is -0.465 e. The van der Waals surface area contributed by atoms with E-state index in [0.717, 1.165) is 17.7 Å². The van der Waals surface area contributed by atoms with Gasteiger partial charge in [0.1, 0.15) is 0 Å². The first-order chi connectivity index (χ1) is 13.7. The molecule has 0 aromatic heterocycles. The summed E-state index contributed by atoms with van der Waals surface area (Å²) in [6.07, 6.45) is 3.12. The van der Waals surface area contributed by atoms with E-state index < -0.39 is 27.6 Å². The van der Waals surface area contributed by atoms with Gasteiger partial charge < -0.3 is 9.64 Å². The van der Waals surface area contributed by atoms with Crippen molar-refractivity contribution in [1.29, 1.82) is 0 Å². The monoisotopic (exact) mass is 422 g/mol. The molecule has 1 heterocycles. The molecule has 2 aromatic carbocycles. The van der Waals surface area contributed by atoms with Gasteiger partial charge >= 0.3 is 5.97 Å². The average Bonchev–Trinajstić information content (AvgIpc) is 2.69. The number of halogens is 2. The molecule has 0 unspecified atom stereocenters. The third-order valence-electron chi connectivity index (χ3n) is 4.76. The summed E-state index contributed by atoms with van der Waals surface area (Å²) in [6, 6.07) is 7.85. The van der Waals surface area contributed by atoms with E-state index in [2.05, 4.69) is 0 Å². The van der Waals surface area contributed by atoms with Crippen LogP contribution in [0.3, 0.4) is 0 Å². The number of ether oxygens (including phenoxy) is 1. The molecular weight excluding hydrogens is 402 g/mol. The molecule has 154 valence electrons. The largest absolute Gasteiger partial charge is 0.465 e. The fourth-order valence-corrected chi connectivity index (χ4v) is 3.80. The highest BCUT2D eigenvalue weighted by atomic mass is 32.2. The van der Waals surface area contributed by atoms with Crippen molar-refractivity contribution in [2.24, 2.45) is 5.14 Å². The van der Waals surface area contributed by atoms with Crippen molar-refractivity contribution in [3.8, 4) is 0 Å². The Morgan fingerprint density at radius 3 is 2.38 bits per heavy atom. The molecule has 0 atom stereocenters. The first-order valence-electron chi connectivity index (χ1n) is 8.83. The number of rotatable bonds is 4. The summed E-state index contributed by atoms with van der Waals surface area (Å²) in [7, 11) is -2.74. The van der Waals surface area contributed by atoms with E-state index in [1.807, 2.05) is 11.0 Å². The predicted molar refractivity (Wildman–Crippen MR) is 105 cm³/mol. The van der Waals surface area contributed by atoms with E-state index in [1.54, 1.807) is 0 Å². The second-order valence-electron chi connectivity index (χ2n) is 6.68. The van der Waals surface area contributed by atoms with Gasteiger partial charge in [-0.3, -0.25) is 0 Å². The molecule has 0 saturated carbocycles. The Bertz CT molecular complexity index is 1070.